The fraction of sp³-hybridized carbons (Fsp3) is 0.269. The normalized spacial score (nSPS) is 16.3. The van der Waals surface area contributed by atoms with E-state index in [1.54, 1.807) is 29.0 Å². The largest absolute Gasteiger partial charge is 0.376 e. The fourth-order valence-electron chi connectivity index (χ4n) is 4.42. The third kappa shape index (κ3) is 3.70. The molecule has 0 bridgehead atoms. The van der Waals surface area contributed by atoms with Gasteiger partial charge in [-0.3, -0.25) is 14.0 Å². The molecule has 1 unspecified atom stereocenters. The van der Waals surface area contributed by atoms with Crippen LogP contribution in [0.1, 0.15) is 39.9 Å². The molecule has 4 aromatic rings. The van der Waals surface area contributed by atoms with Gasteiger partial charge in [0.15, 0.2) is 5.49 Å². The van der Waals surface area contributed by atoms with Crippen molar-refractivity contribution in [2.75, 3.05) is 6.61 Å². The molecule has 34 heavy (non-hydrogen) atoms. The molecule has 1 fully saturated rings. The molecule has 1 aliphatic heterocycles. The van der Waals surface area contributed by atoms with Crippen LogP contribution in [0.15, 0.2) is 58.4 Å². The average molecular weight is 454 g/mol. The fourth-order valence-corrected chi connectivity index (χ4v) is 4.42. The topological polar surface area (TPSA) is 102 Å². The lowest BCUT2D eigenvalue weighted by molar-refractivity contribution is 0.0952. The highest BCUT2D eigenvalue weighted by molar-refractivity contribution is 5.96. The molecular weight excluding hydrogens is 430 g/mol. The van der Waals surface area contributed by atoms with Crippen molar-refractivity contribution in [3.05, 3.63) is 86.8 Å². The van der Waals surface area contributed by atoms with Crippen LogP contribution in [0.3, 0.4) is 0 Å². The van der Waals surface area contributed by atoms with E-state index in [0.29, 0.717) is 35.4 Å². The number of fused-ring (bicyclic) bond motifs is 2. The Morgan fingerprint density at radius 1 is 1.21 bits per heavy atom. The number of benzene rings is 1. The number of hydrogen-bond donors (Lipinski definition) is 0. The predicted octanol–water partition coefficient (Wildman–Crippen LogP) is 3.06. The van der Waals surface area contributed by atoms with Crippen LogP contribution >= 0.6 is 0 Å². The van der Waals surface area contributed by atoms with E-state index in [1.807, 2.05) is 32.0 Å². The molecule has 1 saturated heterocycles. The minimum absolute atomic E-state index is 0.123. The molecule has 1 atom stereocenters. The summed E-state index contributed by atoms with van der Waals surface area (Å²) in [5.41, 5.74) is 3.02. The highest BCUT2D eigenvalue weighted by atomic mass is 16.5. The second kappa shape index (κ2) is 8.69. The van der Waals surface area contributed by atoms with Gasteiger partial charge in [0.1, 0.15) is 17.4 Å². The van der Waals surface area contributed by atoms with Gasteiger partial charge in [-0.15, -0.1) is 0 Å². The van der Waals surface area contributed by atoms with Gasteiger partial charge in [-0.05, 0) is 56.0 Å². The van der Waals surface area contributed by atoms with Gasteiger partial charge in [-0.25, -0.2) is 4.98 Å². The number of nitriles is 1. The summed E-state index contributed by atoms with van der Waals surface area (Å²) in [7, 11) is 0. The number of carbonyl (C=O) groups excluding carboxylic acids is 1. The maximum Gasteiger partial charge on any atom is 0.279 e. The van der Waals surface area contributed by atoms with E-state index in [0.717, 1.165) is 24.0 Å². The third-order valence-electron chi connectivity index (χ3n) is 6.22. The van der Waals surface area contributed by atoms with Crippen molar-refractivity contribution < 1.29 is 9.53 Å². The van der Waals surface area contributed by atoms with Gasteiger partial charge in [0, 0.05) is 18.4 Å². The van der Waals surface area contributed by atoms with Gasteiger partial charge < -0.3 is 9.30 Å². The summed E-state index contributed by atoms with van der Waals surface area (Å²) in [5, 5.41) is 10.2. The molecule has 0 radical (unpaired) electrons. The zero-order chi connectivity index (χ0) is 23.8. The number of amides is 1. The van der Waals surface area contributed by atoms with Crippen LogP contribution in [0, 0.1) is 25.2 Å². The Morgan fingerprint density at radius 3 is 2.74 bits per heavy atom. The van der Waals surface area contributed by atoms with E-state index in [-0.39, 0.29) is 22.7 Å². The van der Waals surface area contributed by atoms with Crippen molar-refractivity contribution in [1.29, 1.82) is 5.26 Å². The van der Waals surface area contributed by atoms with E-state index >= 15 is 0 Å². The zero-order valence-electron chi connectivity index (χ0n) is 19.0. The molecule has 3 aromatic heterocycles. The minimum Gasteiger partial charge on any atom is -0.376 e. The zero-order valence-corrected chi connectivity index (χ0v) is 19.0. The molecule has 0 N–H and O–H groups in total. The van der Waals surface area contributed by atoms with Gasteiger partial charge in [-0.1, -0.05) is 24.3 Å². The highest BCUT2D eigenvalue weighted by Crippen LogP contribution is 2.18. The van der Waals surface area contributed by atoms with Gasteiger partial charge in [-0.2, -0.15) is 10.3 Å². The lowest BCUT2D eigenvalue weighted by Crippen LogP contribution is -2.33. The molecule has 1 aliphatic rings. The summed E-state index contributed by atoms with van der Waals surface area (Å²) in [6.45, 7) is 4.70. The number of aromatic nitrogens is 3. The van der Waals surface area contributed by atoms with Gasteiger partial charge in [0.05, 0.1) is 23.6 Å². The van der Waals surface area contributed by atoms with Crippen LogP contribution in [0.2, 0.25) is 0 Å². The van der Waals surface area contributed by atoms with Crippen molar-refractivity contribution in [3.8, 4) is 6.07 Å². The van der Waals surface area contributed by atoms with E-state index in [2.05, 4.69) is 11.1 Å². The lowest BCUT2D eigenvalue weighted by Gasteiger charge is -2.17. The molecule has 5 rings (SSSR count). The first kappa shape index (κ1) is 21.7. The quantitative estimate of drug-likeness (QED) is 0.444. The van der Waals surface area contributed by atoms with Gasteiger partial charge >= 0.3 is 0 Å². The first-order valence-electron chi connectivity index (χ1n) is 11.2. The Kier molecular flexibility index (Phi) is 5.56. The molecule has 0 spiro atoms. The van der Waals surface area contributed by atoms with Gasteiger partial charge in [0.2, 0.25) is 0 Å². The summed E-state index contributed by atoms with van der Waals surface area (Å²) in [6, 6.07) is 14.5. The number of nitrogens with zero attached hydrogens (tertiary/aromatic N) is 5. The molecule has 0 aliphatic carbocycles. The molecule has 4 heterocycles. The van der Waals surface area contributed by atoms with Crippen molar-refractivity contribution in [1.82, 2.24) is 14.0 Å². The van der Waals surface area contributed by atoms with Crippen LogP contribution in [0.4, 0.5) is 0 Å². The number of pyridine rings is 2. The maximum atomic E-state index is 13.4. The van der Waals surface area contributed by atoms with E-state index < -0.39 is 5.91 Å². The smallest absolute Gasteiger partial charge is 0.279 e. The number of rotatable bonds is 3. The molecule has 1 amide bonds. The van der Waals surface area contributed by atoms with E-state index in [4.69, 9.17) is 9.72 Å². The summed E-state index contributed by atoms with van der Waals surface area (Å²) in [4.78, 5) is 35.7. The van der Waals surface area contributed by atoms with Crippen LogP contribution in [-0.2, 0) is 11.3 Å². The number of hydrogen-bond acceptors (Lipinski definition) is 5. The highest BCUT2D eigenvalue weighted by Gasteiger charge is 2.21. The third-order valence-corrected chi connectivity index (χ3v) is 6.22. The Labute approximate surface area is 195 Å². The molecule has 8 nitrogen and oxygen atoms in total. The van der Waals surface area contributed by atoms with Gasteiger partial charge in [0.25, 0.3) is 11.5 Å². The average Bonchev–Trinajstić information content (AvgIpc) is 3.35. The van der Waals surface area contributed by atoms with E-state index in [9.17, 15) is 14.9 Å². The Bertz CT molecular complexity index is 1620. The summed E-state index contributed by atoms with van der Waals surface area (Å²) in [5.74, 6) is -0.455. The van der Waals surface area contributed by atoms with Crippen LogP contribution in [0.25, 0.3) is 16.7 Å². The lowest BCUT2D eigenvalue weighted by atomic mass is 10.1. The molecule has 170 valence electrons. The SMILES string of the molecule is Cc1ccccc1C(=O)N=c1c(C#N)cc2c(=O)n3cccc(C)c3nc2n1CC1CCCO1. The number of carbonyl (C=O) groups is 1. The second-order valence-electron chi connectivity index (χ2n) is 8.51. The Balaban J connectivity index is 1.86. The molecule has 0 saturated carbocycles. The van der Waals surface area contributed by atoms with Crippen LogP contribution in [0.5, 0.6) is 0 Å². The van der Waals surface area contributed by atoms with Crippen molar-refractivity contribution in [3.63, 3.8) is 0 Å². The van der Waals surface area contributed by atoms with Crippen molar-refractivity contribution in [2.24, 2.45) is 4.99 Å². The first-order chi connectivity index (χ1) is 16.5. The summed E-state index contributed by atoms with van der Waals surface area (Å²) in [6.07, 6.45) is 3.30. The monoisotopic (exact) mass is 453 g/mol. The second-order valence-corrected chi connectivity index (χ2v) is 8.51. The molecule has 8 heteroatoms. The number of ether oxygens (including phenoxy) is 1. The van der Waals surface area contributed by atoms with E-state index in [1.165, 1.54) is 10.5 Å². The molecular formula is C26H23N5O3. The Hall–Kier alpha value is -4.09. The predicted molar refractivity (Wildman–Crippen MR) is 126 cm³/mol. The van der Waals surface area contributed by atoms with Crippen LogP contribution in [-0.4, -0.2) is 32.6 Å². The maximum absolute atomic E-state index is 13.4. The number of aryl methyl sites for hydroxylation is 2. The standard InChI is InChI=1S/C26H23N5O3/c1-16-7-3-4-10-20(16)25(32)29-23-18(14-27)13-21-24(31(23)15-19-9-6-12-34-19)28-22-17(2)8-5-11-30(22)26(21)33/h3-5,7-8,10-11,13,19H,6,9,12,15H2,1-2H3. The van der Waals surface area contributed by atoms with Crippen molar-refractivity contribution in [2.45, 2.75) is 39.3 Å². The first-order valence-corrected chi connectivity index (χ1v) is 11.2. The van der Waals surface area contributed by atoms with Crippen molar-refractivity contribution >= 4 is 22.6 Å². The minimum atomic E-state index is -0.455. The van der Waals surface area contributed by atoms with Crippen LogP contribution < -0.4 is 11.0 Å². The summed E-state index contributed by atoms with van der Waals surface area (Å²) >= 11 is 0. The Morgan fingerprint density at radius 2 is 2.00 bits per heavy atom. The summed E-state index contributed by atoms with van der Waals surface area (Å²) < 4.78 is 9.02. The molecule has 1 aromatic carbocycles.